The summed E-state index contributed by atoms with van der Waals surface area (Å²) in [5.41, 5.74) is 0. The molecule has 5 nitrogen and oxygen atoms in total. The van der Waals surface area contributed by atoms with Crippen molar-refractivity contribution in [3.63, 3.8) is 0 Å². The van der Waals surface area contributed by atoms with Crippen LogP contribution in [0.5, 0.6) is 0 Å². The fourth-order valence-corrected chi connectivity index (χ4v) is 2.23. The van der Waals surface area contributed by atoms with Crippen molar-refractivity contribution in [2.75, 3.05) is 31.6 Å². The third-order valence-corrected chi connectivity index (χ3v) is 3.51. The predicted molar refractivity (Wildman–Crippen MR) is 78.9 cm³/mol. The number of pyridine rings is 1. The summed E-state index contributed by atoms with van der Waals surface area (Å²) in [7, 11) is 0. The van der Waals surface area contributed by atoms with E-state index in [1.807, 2.05) is 18.7 Å². The largest absolute Gasteiger partial charge is 0.378 e. The third kappa shape index (κ3) is 3.84. The van der Waals surface area contributed by atoms with Crippen molar-refractivity contribution in [2.45, 2.75) is 19.9 Å². The van der Waals surface area contributed by atoms with Gasteiger partial charge in [0.15, 0.2) is 0 Å². The zero-order valence-corrected chi connectivity index (χ0v) is 12.6. The van der Waals surface area contributed by atoms with Crippen LogP contribution in [0.25, 0.3) is 0 Å². The number of carbonyl (C=O) groups excluding carboxylic acids is 1. The summed E-state index contributed by atoms with van der Waals surface area (Å²) in [6.45, 7) is 6.55. The van der Waals surface area contributed by atoms with Gasteiger partial charge in [-0.2, -0.15) is 0 Å². The van der Waals surface area contributed by atoms with E-state index in [-0.39, 0.29) is 17.9 Å². The molecule has 0 bridgehead atoms. The third-order valence-electron chi connectivity index (χ3n) is 3.29. The molecule has 1 aromatic heterocycles. The Bertz CT molecular complexity index is 444. The molecule has 0 aromatic carbocycles. The van der Waals surface area contributed by atoms with Gasteiger partial charge in [-0.25, -0.2) is 4.98 Å². The van der Waals surface area contributed by atoms with Crippen molar-refractivity contribution in [1.29, 1.82) is 0 Å². The van der Waals surface area contributed by atoms with Gasteiger partial charge in [0, 0.05) is 19.3 Å². The highest BCUT2D eigenvalue weighted by molar-refractivity contribution is 6.30. The molecule has 0 radical (unpaired) electrons. The Morgan fingerprint density at radius 2 is 2.10 bits per heavy atom. The fraction of sp³-hybridized carbons (Fsp3) is 0.571. The van der Waals surface area contributed by atoms with Crippen LogP contribution in [0.15, 0.2) is 18.3 Å². The molecule has 1 saturated heterocycles. The van der Waals surface area contributed by atoms with Gasteiger partial charge in [-0.15, -0.1) is 0 Å². The highest BCUT2D eigenvalue weighted by Crippen LogP contribution is 2.15. The molecule has 1 N–H and O–H groups in total. The highest BCUT2D eigenvalue weighted by Gasteiger charge is 2.28. The number of rotatable bonds is 4. The first-order chi connectivity index (χ1) is 9.58. The molecule has 110 valence electrons. The van der Waals surface area contributed by atoms with Crippen molar-refractivity contribution in [2.24, 2.45) is 5.92 Å². The van der Waals surface area contributed by atoms with E-state index in [4.69, 9.17) is 16.3 Å². The summed E-state index contributed by atoms with van der Waals surface area (Å²) in [6, 6.07) is 3.25. The van der Waals surface area contributed by atoms with Gasteiger partial charge in [0.2, 0.25) is 5.91 Å². The minimum atomic E-state index is -0.290. The molecule has 1 atom stereocenters. The van der Waals surface area contributed by atoms with Gasteiger partial charge in [0.05, 0.1) is 18.2 Å². The molecule has 1 amide bonds. The lowest BCUT2D eigenvalue weighted by atomic mass is 10.0. The van der Waals surface area contributed by atoms with E-state index in [0.717, 1.165) is 0 Å². The first kappa shape index (κ1) is 15.1. The number of amides is 1. The number of carbonyl (C=O) groups is 1. The molecule has 1 aliphatic heterocycles. The summed E-state index contributed by atoms with van der Waals surface area (Å²) in [5.74, 6) is 0.928. The summed E-state index contributed by atoms with van der Waals surface area (Å²) in [4.78, 5) is 18.6. The molecule has 1 fully saturated rings. The Labute approximate surface area is 124 Å². The zero-order chi connectivity index (χ0) is 14.5. The second-order valence-corrected chi connectivity index (χ2v) is 5.60. The summed E-state index contributed by atoms with van der Waals surface area (Å²) < 4.78 is 5.28. The number of nitrogens with one attached hydrogen (secondary N) is 1. The molecule has 2 heterocycles. The smallest absolute Gasteiger partial charge is 0.245 e. The maximum Gasteiger partial charge on any atom is 0.245 e. The van der Waals surface area contributed by atoms with Crippen LogP contribution in [0.4, 0.5) is 5.82 Å². The number of morpholine rings is 1. The highest BCUT2D eigenvalue weighted by atomic mass is 35.5. The number of hydrogen-bond donors (Lipinski definition) is 1. The van der Waals surface area contributed by atoms with E-state index in [9.17, 15) is 4.79 Å². The van der Waals surface area contributed by atoms with E-state index in [0.29, 0.717) is 37.1 Å². The number of anilines is 1. The van der Waals surface area contributed by atoms with Crippen LogP contribution >= 0.6 is 11.6 Å². The maximum atomic E-state index is 12.6. The van der Waals surface area contributed by atoms with Crippen molar-refractivity contribution < 1.29 is 9.53 Å². The fourth-order valence-electron chi connectivity index (χ4n) is 2.11. The van der Waals surface area contributed by atoms with Crippen LogP contribution in [-0.4, -0.2) is 48.1 Å². The van der Waals surface area contributed by atoms with Gasteiger partial charge >= 0.3 is 0 Å². The predicted octanol–water partition coefficient (Wildman–Crippen LogP) is 2.03. The van der Waals surface area contributed by atoms with Crippen LogP contribution < -0.4 is 5.32 Å². The van der Waals surface area contributed by atoms with E-state index >= 15 is 0 Å². The molecule has 2 rings (SSSR count). The molecule has 0 spiro atoms. The second kappa shape index (κ2) is 6.90. The SMILES string of the molecule is CC(C)[C@@H](Nc1ccc(Cl)cn1)C(=O)N1CCOCC1. The van der Waals surface area contributed by atoms with Crippen LogP contribution in [0.1, 0.15) is 13.8 Å². The first-order valence-electron chi connectivity index (χ1n) is 6.82. The van der Waals surface area contributed by atoms with E-state index in [2.05, 4.69) is 10.3 Å². The van der Waals surface area contributed by atoms with Crippen molar-refractivity contribution in [3.05, 3.63) is 23.4 Å². The van der Waals surface area contributed by atoms with Crippen molar-refractivity contribution in [1.82, 2.24) is 9.88 Å². The van der Waals surface area contributed by atoms with Gasteiger partial charge < -0.3 is 15.0 Å². The molecule has 6 heteroatoms. The minimum absolute atomic E-state index is 0.0973. The Balaban J connectivity index is 2.06. The lowest BCUT2D eigenvalue weighted by Gasteiger charge is -2.32. The molecular formula is C14H20ClN3O2. The maximum absolute atomic E-state index is 12.6. The lowest BCUT2D eigenvalue weighted by Crippen LogP contribution is -2.49. The normalized spacial score (nSPS) is 17.1. The molecule has 1 aliphatic rings. The van der Waals surface area contributed by atoms with Gasteiger partial charge in [-0.1, -0.05) is 25.4 Å². The van der Waals surface area contributed by atoms with Crippen molar-refractivity contribution in [3.8, 4) is 0 Å². The number of hydrogen-bond acceptors (Lipinski definition) is 4. The molecule has 20 heavy (non-hydrogen) atoms. The standard InChI is InChI=1S/C14H20ClN3O2/c1-10(2)13(14(19)18-5-7-20-8-6-18)17-12-4-3-11(15)9-16-12/h3-4,9-10,13H,5-8H2,1-2H3,(H,16,17)/t13-/m1/s1. The topological polar surface area (TPSA) is 54.5 Å². The molecule has 1 aromatic rings. The number of ether oxygens (including phenoxy) is 1. The molecule has 0 saturated carbocycles. The Hall–Kier alpha value is -1.33. The quantitative estimate of drug-likeness (QED) is 0.924. The van der Waals surface area contributed by atoms with Gasteiger partial charge in [0.25, 0.3) is 0 Å². The van der Waals surface area contributed by atoms with E-state index in [1.165, 1.54) is 0 Å². The number of nitrogens with zero attached hydrogens (tertiary/aromatic N) is 2. The van der Waals surface area contributed by atoms with E-state index < -0.39 is 0 Å². The molecular weight excluding hydrogens is 278 g/mol. The minimum Gasteiger partial charge on any atom is -0.378 e. The molecule has 0 unspecified atom stereocenters. The monoisotopic (exact) mass is 297 g/mol. The summed E-state index contributed by atoms with van der Waals surface area (Å²) in [5, 5.41) is 3.78. The Morgan fingerprint density at radius 1 is 1.40 bits per heavy atom. The van der Waals surface area contributed by atoms with Crippen molar-refractivity contribution >= 4 is 23.3 Å². The van der Waals surface area contributed by atoms with Gasteiger partial charge in [-0.05, 0) is 18.1 Å². The average molecular weight is 298 g/mol. The van der Waals surface area contributed by atoms with Crippen LogP contribution in [-0.2, 0) is 9.53 Å². The van der Waals surface area contributed by atoms with Crippen LogP contribution in [0.2, 0.25) is 5.02 Å². The Morgan fingerprint density at radius 3 is 2.65 bits per heavy atom. The van der Waals surface area contributed by atoms with Gasteiger partial charge in [0.1, 0.15) is 11.9 Å². The van der Waals surface area contributed by atoms with E-state index in [1.54, 1.807) is 18.3 Å². The van der Waals surface area contributed by atoms with Crippen LogP contribution in [0, 0.1) is 5.92 Å². The summed E-state index contributed by atoms with van der Waals surface area (Å²) >= 11 is 5.82. The summed E-state index contributed by atoms with van der Waals surface area (Å²) in [6.07, 6.45) is 1.57. The zero-order valence-electron chi connectivity index (χ0n) is 11.8. The van der Waals surface area contributed by atoms with Crippen LogP contribution in [0.3, 0.4) is 0 Å². The number of aromatic nitrogens is 1. The lowest BCUT2D eigenvalue weighted by molar-refractivity contribution is -0.137. The molecule has 0 aliphatic carbocycles. The average Bonchev–Trinajstić information content (AvgIpc) is 2.46. The first-order valence-corrected chi connectivity index (χ1v) is 7.20. The Kier molecular flexibility index (Phi) is 5.20. The second-order valence-electron chi connectivity index (χ2n) is 5.17. The number of halogens is 1. The van der Waals surface area contributed by atoms with Gasteiger partial charge in [-0.3, -0.25) is 4.79 Å².